The van der Waals surface area contributed by atoms with Crippen LogP contribution >= 0.6 is 11.3 Å². The molecule has 2 fully saturated rings. The molecule has 2 amide bonds. The fourth-order valence-electron chi connectivity index (χ4n) is 3.44. The molecule has 1 aliphatic carbocycles. The summed E-state index contributed by atoms with van der Waals surface area (Å²) in [6.07, 6.45) is 6.09. The highest BCUT2D eigenvalue weighted by Gasteiger charge is 2.38. The van der Waals surface area contributed by atoms with Crippen LogP contribution in [-0.4, -0.2) is 39.5 Å². The second kappa shape index (κ2) is 6.78. The van der Waals surface area contributed by atoms with Crippen LogP contribution in [0.2, 0.25) is 0 Å². The Kier molecular flexibility index (Phi) is 4.90. The van der Waals surface area contributed by atoms with Gasteiger partial charge in [-0.15, -0.1) is 10.2 Å². The molecule has 132 valence electrons. The molecule has 24 heavy (non-hydrogen) atoms. The number of nitrogens with one attached hydrogen (secondary N) is 1. The predicted octanol–water partition coefficient (Wildman–Crippen LogP) is 2.96. The minimum absolute atomic E-state index is 0.0816. The fraction of sp³-hybridized carbons (Fsp3) is 0.765. The number of hydrogen-bond acceptors (Lipinski definition) is 5. The Hall–Kier alpha value is -1.50. The zero-order chi connectivity index (χ0) is 17.3. The summed E-state index contributed by atoms with van der Waals surface area (Å²) in [5, 5.41) is 12.5. The van der Waals surface area contributed by atoms with Gasteiger partial charge in [-0.3, -0.25) is 9.59 Å². The molecule has 2 heterocycles. The largest absolute Gasteiger partial charge is 0.339 e. The van der Waals surface area contributed by atoms with Crippen LogP contribution in [0.5, 0.6) is 0 Å². The highest BCUT2D eigenvalue weighted by molar-refractivity contribution is 7.15. The van der Waals surface area contributed by atoms with Gasteiger partial charge < -0.3 is 10.2 Å². The summed E-state index contributed by atoms with van der Waals surface area (Å²) in [6.45, 7) is 6.74. The molecule has 1 saturated heterocycles. The quantitative estimate of drug-likeness (QED) is 0.909. The van der Waals surface area contributed by atoms with Crippen LogP contribution in [0, 0.1) is 5.92 Å². The molecule has 1 aromatic rings. The molecule has 3 rings (SSSR count). The standard InChI is InChI=1S/C17H26N4O2S/c1-17(2,3)15-19-20-16(24-15)18-14(23)11-9-13(22)21(10-11)12-7-5-4-6-8-12/h11-12H,4-10H2,1-3H3,(H,18,20,23). The zero-order valence-electron chi connectivity index (χ0n) is 14.7. The number of likely N-dealkylation sites (tertiary alicyclic amines) is 1. The summed E-state index contributed by atoms with van der Waals surface area (Å²) in [6, 6.07) is 0.332. The van der Waals surface area contributed by atoms with Crippen molar-refractivity contribution < 1.29 is 9.59 Å². The molecule has 1 atom stereocenters. The average Bonchev–Trinajstić information content (AvgIpc) is 3.14. The van der Waals surface area contributed by atoms with Gasteiger partial charge in [-0.05, 0) is 12.8 Å². The Bertz CT molecular complexity index is 616. The van der Waals surface area contributed by atoms with Crippen molar-refractivity contribution in [2.75, 3.05) is 11.9 Å². The number of carbonyl (C=O) groups is 2. The van der Waals surface area contributed by atoms with Crippen LogP contribution in [0.1, 0.15) is 64.3 Å². The summed E-state index contributed by atoms with van der Waals surface area (Å²) in [5.41, 5.74) is -0.0816. The van der Waals surface area contributed by atoms with Crippen molar-refractivity contribution in [2.45, 2.75) is 70.8 Å². The van der Waals surface area contributed by atoms with Crippen LogP contribution in [0.25, 0.3) is 0 Å². The maximum Gasteiger partial charge on any atom is 0.231 e. The molecular formula is C17H26N4O2S. The summed E-state index contributed by atoms with van der Waals surface area (Å²) < 4.78 is 0. The molecule has 1 aromatic heterocycles. The highest BCUT2D eigenvalue weighted by atomic mass is 32.1. The SMILES string of the molecule is CC(C)(C)c1nnc(NC(=O)C2CC(=O)N(C3CCCCC3)C2)s1. The summed E-state index contributed by atoms with van der Waals surface area (Å²) in [4.78, 5) is 26.7. The molecule has 6 nitrogen and oxygen atoms in total. The monoisotopic (exact) mass is 350 g/mol. The van der Waals surface area contributed by atoms with E-state index in [0.29, 0.717) is 24.1 Å². The molecule has 0 radical (unpaired) electrons. The Labute approximate surface area is 147 Å². The number of rotatable bonds is 3. The first kappa shape index (κ1) is 17.3. The third kappa shape index (κ3) is 3.77. The van der Waals surface area contributed by atoms with E-state index in [4.69, 9.17) is 0 Å². The van der Waals surface area contributed by atoms with Crippen LogP contribution in [-0.2, 0) is 15.0 Å². The van der Waals surface area contributed by atoms with Gasteiger partial charge in [-0.1, -0.05) is 51.4 Å². The third-order valence-electron chi connectivity index (χ3n) is 4.84. The predicted molar refractivity (Wildman–Crippen MR) is 93.9 cm³/mol. The highest BCUT2D eigenvalue weighted by Crippen LogP contribution is 2.31. The second-order valence-electron chi connectivity index (χ2n) is 7.89. The van der Waals surface area contributed by atoms with Gasteiger partial charge in [-0.2, -0.15) is 0 Å². The first-order chi connectivity index (χ1) is 11.3. The first-order valence-electron chi connectivity index (χ1n) is 8.79. The molecule has 0 bridgehead atoms. The van der Waals surface area contributed by atoms with Crippen molar-refractivity contribution in [1.29, 1.82) is 0 Å². The van der Waals surface area contributed by atoms with E-state index in [2.05, 4.69) is 36.3 Å². The Morgan fingerprint density at radius 1 is 1.21 bits per heavy atom. The molecule has 7 heteroatoms. The van der Waals surface area contributed by atoms with Crippen molar-refractivity contribution in [1.82, 2.24) is 15.1 Å². The summed E-state index contributed by atoms with van der Waals surface area (Å²) >= 11 is 1.40. The average molecular weight is 350 g/mol. The second-order valence-corrected chi connectivity index (χ2v) is 8.87. The minimum atomic E-state index is -0.276. The molecule has 1 saturated carbocycles. The van der Waals surface area contributed by atoms with Gasteiger partial charge in [0.2, 0.25) is 16.9 Å². The van der Waals surface area contributed by atoms with E-state index in [9.17, 15) is 9.59 Å². The molecule has 0 aromatic carbocycles. The van der Waals surface area contributed by atoms with E-state index in [-0.39, 0.29) is 23.1 Å². The molecule has 1 N–H and O–H groups in total. The Balaban J connectivity index is 1.59. The van der Waals surface area contributed by atoms with Gasteiger partial charge in [0.1, 0.15) is 5.01 Å². The number of nitrogens with zero attached hydrogens (tertiary/aromatic N) is 3. The molecular weight excluding hydrogens is 324 g/mol. The van der Waals surface area contributed by atoms with Gasteiger partial charge in [0.15, 0.2) is 0 Å². The van der Waals surface area contributed by atoms with Crippen LogP contribution in [0.4, 0.5) is 5.13 Å². The van der Waals surface area contributed by atoms with Crippen LogP contribution < -0.4 is 5.32 Å². The van der Waals surface area contributed by atoms with E-state index in [0.717, 1.165) is 17.8 Å². The molecule has 1 unspecified atom stereocenters. The molecule has 1 aliphatic heterocycles. The number of amides is 2. The van der Waals surface area contributed by atoms with Crippen LogP contribution in [0.3, 0.4) is 0 Å². The van der Waals surface area contributed by atoms with E-state index < -0.39 is 0 Å². The maximum absolute atomic E-state index is 12.5. The smallest absolute Gasteiger partial charge is 0.231 e. The van der Waals surface area contributed by atoms with Gasteiger partial charge in [0, 0.05) is 24.4 Å². The molecule has 0 spiro atoms. The van der Waals surface area contributed by atoms with Crippen molar-refractivity contribution in [2.24, 2.45) is 5.92 Å². The normalized spacial score (nSPS) is 22.9. The third-order valence-corrected chi connectivity index (χ3v) is 6.11. The number of carbonyl (C=O) groups excluding carboxylic acids is 2. The van der Waals surface area contributed by atoms with Gasteiger partial charge >= 0.3 is 0 Å². The fourth-order valence-corrected chi connectivity index (χ4v) is 4.24. The number of aromatic nitrogens is 2. The first-order valence-corrected chi connectivity index (χ1v) is 9.60. The summed E-state index contributed by atoms with van der Waals surface area (Å²) in [5.74, 6) is -0.269. The van der Waals surface area contributed by atoms with Gasteiger partial charge in [0.25, 0.3) is 0 Å². The van der Waals surface area contributed by atoms with Crippen molar-refractivity contribution >= 4 is 28.3 Å². The Morgan fingerprint density at radius 2 is 1.92 bits per heavy atom. The van der Waals surface area contributed by atoms with E-state index >= 15 is 0 Å². The topological polar surface area (TPSA) is 75.2 Å². The number of hydrogen-bond donors (Lipinski definition) is 1. The lowest BCUT2D eigenvalue weighted by atomic mass is 9.94. The lowest BCUT2D eigenvalue weighted by molar-refractivity contribution is -0.130. The van der Waals surface area contributed by atoms with E-state index in [1.165, 1.54) is 30.6 Å². The molecule has 2 aliphatic rings. The summed E-state index contributed by atoms with van der Waals surface area (Å²) in [7, 11) is 0. The lowest BCUT2D eigenvalue weighted by Crippen LogP contribution is -2.38. The van der Waals surface area contributed by atoms with Gasteiger partial charge in [0.05, 0.1) is 5.92 Å². The Morgan fingerprint density at radius 3 is 2.54 bits per heavy atom. The van der Waals surface area contributed by atoms with Crippen molar-refractivity contribution in [3.63, 3.8) is 0 Å². The van der Waals surface area contributed by atoms with E-state index in [1.54, 1.807) is 0 Å². The van der Waals surface area contributed by atoms with Crippen LogP contribution in [0.15, 0.2) is 0 Å². The maximum atomic E-state index is 12.5. The zero-order valence-corrected chi connectivity index (χ0v) is 15.5. The van der Waals surface area contributed by atoms with Crippen molar-refractivity contribution in [3.8, 4) is 0 Å². The minimum Gasteiger partial charge on any atom is -0.339 e. The number of anilines is 1. The lowest BCUT2D eigenvalue weighted by Gasteiger charge is -2.31. The van der Waals surface area contributed by atoms with Crippen molar-refractivity contribution in [3.05, 3.63) is 5.01 Å². The van der Waals surface area contributed by atoms with E-state index in [1.807, 2.05) is 4.90 Å². The van der Waals surface area contributed by atoms with Gasteiger partial charge in [-0.25, -0.2) is 0 Å².